The molecule has 106 valence electrons. The van der Waals surface area contributed by atoms with Crippen molar-refractivity contribution in [1.29, 1.82) is 0 Å². The number of hydrogen-bond donors (Lipinski definition) is 0. The molecule has 3 aromatic rings. The maximum absolute atomic E-state index is 11.4. The van der Waals surface area contributed by atoms with E-state index in [1.54, 1.807) is 24.6 Å². The Morgan fingerprint density at radius 1 is 1.24 bits per heavy atom. The second kappa shape index (κ2) is 5.95. The zero-order chi connectivity index (χ0) is 14.8. The molecule has 0 unspecified atom stereocenters. The molecule has 0 saturated carbocycles. The highest BCUT2D eigenvalue weighted by Crippen LogP contribution is 2.37. The first-order chi connectivity index (χ1) is 10.1. The molecule has 0 aliphatic heterocycles. The predicted molar refractivity (Wildman–Crippen MR) is 88.9 cm³/mol. The number of thioether (sulfide) groups is 1. The van der Waals surface area contributed by atoms with E-state index in [0.717, 1.165) is 15.2 Å². The van der Waals surface area contributed by atoms with Crippen LogP contribution in [-0.2, 0) is 4.79 Å². The van der Waals surface area contributed by atoms with Gasteiger partial charge in [-0.05, 0) is 25.5 Å². The van der Waals surface area contributed by atoms with E-state index in [2.05, 4.69) is 28.2 Å². The van der Waals surface area contributed by atoms with Crippen LogP contribution in [0.5, 0.6) is 0 Å². The molecule has 0 aliphatic rings. The molecule has 0 amide bonds. The Hall–Kier alpha value is -1.72. The van der Waals surface area contributed by atoms with E-state index in [9.17, 15) is 4.79 Å². The van der Waals surface area contributed by atoms with E-state index in [4.69, 9.17) is 0 Å². The zero-order valence-electron chi connectivity index (χ0n) is 11.7. The summed E-state index contributed by atoms with van der Waals surface area (Å²) < 4.78 is 0. The monoisotopic (exact) mass is 314 g/mol. The lowest BCUT2D eigenvalue weighted by Crippen LogP contribution is -2.08. The number of Topliss-reactive ketones (excluding diaryl/α,β-unsaturated/α-hetero) is 1. The van der Waals surface area contributed by atoms with Crippen LogP contribution in [-0.4, -0.2) is 21.0 Å². The molecule has 2 heterocycles. The van der Waals surface area contributed by atoms with Crippen LogP contribution in [0.3, 0.4) is 0 Å². The lowest BCUT2D eigenvalue weighted by Gasteiger charge is -2.06. The summed E-state index contributed by atoms with van der Waals surface area (Å²) in [6.45, 7) is 3.52. The molecule has 1 atom stereocenters. The van der Waals surface area contributed by atoms with Crippen LogP contribution in [0.15, 0.2) is 47.8 Å². The summed E-state index contributed by atoms with van der Waals surface area (Å²) in [5.41, 5.74) is 1.18. The summed E-state index contributed by atoms with van der Waals surface area (Å²) in [6, 6.07) is 12.3. The third kappa shape index (κ3) is 2.99. The fourth-order valence-electron chi connectivity index (χ4n) is 1.92. The number of aromatic nitrogens is 2. The first-order valence-electron chi connectivity index (χ1n) is 6.62. The van der Waals surface area contributed by atoms with Crippen molar-refractivity contribution < 1.29 is 4.79 Å². The van der Waals surface area contributed by atoms with Gasteiger partial charge < -0.3 is 0 Å². The normalized spacial score (nSPS) is 12.5. The van der Waals surface area contributed by atoms with Crippen LogP contribution in [0.1, 0.15) is 13.8 Å². The fourth-order valence-corrected chi connectivity index (χ4v) is 3.88. The predicted octanol–water partition coefficient (Wildman–Crippen LogP) is 4.43. The van der Waals surface area contributed by atoms with Crippen molar-refractivity contribution in [3.63, 3.8) is 0 Å². The standard InChI is InChI=1S/C16H14N2OS2/c1-10(19)11(2)20-15-13-8-14(12-6-4-3-5-7-12)21-16(13)18-9-17-15/h3-9,11H,1-2H3/t11-/m1/s1. The summed E-state index contributed by atoms with van der Waals surface area (Å²) in [5.74, 6) is 0.158. The quantitative estimate of drug-likeness (QED) is 0.528. The Morgan fingerprint density at radius 3 is 2.71 bits per heavy atom. The third-order valence-corrected chi connectivity index (χ3v) is 5.54. The number of ketones is 1. The molecule has 0 bridgehead atoms. The molecular formula is C16H14N2OS2. The summed E-state index contributed by atoms with van der Waals surface area (Å²) in [5, 5.41) is 1.81. The Balaban J connectivity index is 2.04. The highest BCUT2D eigenvalue weighted by Gasteiger charge is 2.15. The van der Waals surface area contributed by atoms with Crippen molar-refractivity contribution in [2.45, 2.75) is 24.1 Å². The van der Waals surface area contributed by atoms with Crippen molar-refractivity contribution in [2.24, 2.45) is 0 Å². The SMILES string of the molecule is CC(=O)[C@@H](C)Sc1ncnc2sc(-c3ccccc3)cc12. The average molecular weight is 314 g/mol. The summed E-state index contributed by atoms with van der Waals surface area (Å²) >= 11 is 3.15. The van der Waals surface area contributed by atoms with Crippen molar-refractivity contribution in [1.82, 2.24) is 9.97 Å². The van der Waals surface area contributed by atoms with Gasteiger partial charge in [0.15, 0.2) is 0 Å². The minimum absolute atomic E-state index is 0.0943. The minimum Gasteiger partial charge on any atom is -0.299 e. The van der Waals surface area contributed by atoms with Crippen LogP contribution < -0.4 is 0 Å². The van der Waals surface area contributed by atoms with Crippen molar-refractivity contribution >= 4 is 39.1 Å². The van der Waals surface area contributed by atoms with Gasteiger partial charge in [-0.3, -0.25) is 4.79 Å². The Labute approximate surface area is 131 Å². The molecule has 21 heavy (non-hydrogen) atoms. The first kappa shape index (κ1) is 14.2. The van der Waals surface area contributed by atoms with E-state index in [-0.39, 0.29) is 11.0 Å². The molecule has 3 rings (SSSR count). The van der Waals surface area contributed by atoms with Gasteiger partial charge in [0.1, 0.15) is 22.0 Å². The van der Waals surface area contributed by atoms with Crippen molar-refractivity contribution in [3.8, 4) is 10.4 Å². The first-order valence-corrected chi connectivity index (χ1v) is 8.32. The second-order valence-electron chi connectivity index (χ2n) is 4.75. The topological polar surface area (TPSA) is 42.9 Å². The fraction of sp³-hybridized carbons (Fsp3) is 0.188. The average Bonchev–Trinajstić information content (AvgIpc) is 2.93. The Bertz CT molecular complexity index is 783. The van der Waals surface area contributed by atoms with Crippen LogP contribution in [0.25, 0.3) is 20.7 Å². The van der Waals surface area contributed by atoms with Gasteiger partial charge in [0.05, 0.1) is 5.25 Å². The molecule has 3 nitrogen and oxygen atoms in total. The van der Waals surface area contributed by atoms with Crippen molar-refractivity contribution in [2.75, 3.05) is 0 Å². The largest absolute Gasteiger partial charge is 0.299 e. The second-order valence-corrected chi connectivity index (χ2v) is 7.11. The summed E-state index contributed by atoms with van der Waals surface area (Å²) in [6.07, 6.45) is 1.57. The molecule has 1 aromatic carbocycles. The van der Waals surface area contributed by atoms with Crippen LogP contribution >= 0.6 is 23.1 Å². The van der Waals surface area contributed by atoms with E-state index in [0.29, 0.717) is 0 Å². The van der Waals surface area contributed by atoms with Gasteiger partial charge in [-0.15, -0.1) is 11.3 Å². The molecule has 0 spiro atoms. The zero-order valence-corrected chi connectivity index (χ0v) is 13.4. The molecule has 0 aliphatic carbocycles. The number of carbonyl (C=O) groups excluding carboxylic acids is 1. The highest BCUT2D eigenvalue weighted by molar-refractivity contribution is 8.00. The Morgan fingerprint density at radius 2 is 2.00 bits per heavy atom. The van der Waals surface area contributed by atoms with Crippen LogP contribution in [0.2, 0.25) is 0 Å². The molecule has 0 fully saturated rings. The van der Waals surface area contributed by atoms with Gasteiger partial charge in [0, 0.05) is 10.3 Å². The maximum Gasteiger partial charge on any atom is 0.142 e. The molecule has 0 saturated heterocycles. The van der Waals surface area contributed by atoms with Crippen LogP contribution in [0, 0.1) is 0 Å². The molecule has 5 heteroatoms. The third-order valence-electron chi connectivity index (χ3n) is 3.21. The number of benzene rings is 1. The summed E-state index contributed by atoms with van der Waals surface area (Å²) in [7, 11) is 0. The summed E-state index contributed by atoms with van der Waals surface area (Å²) in [4.78, 5) is 22.3. The lowest BCUT2D eigenvalue weighted by atomic mass is 10.2. The number of nitrogens with zero attached hydrogens (tertiary/aromatic N) is 2. The van der Waals surface area contributed by atoms with E-state index >= 15 is 0 Å². The number of carbonyl (C=O) groups is 1. The van der Waals surface area contributed by atoms with E-state index in [1.165, 1.54) is 22.2 Å². The van der Waals surface area contributed by atoms with Crippen molar-refractivity contribution in [3.05, 3.63) is 42.7 Å². The molecule has 2 aromatic heterocycles. The molecule has 0 radical (unpaired) electrons. The molecular weight excluding hydrogens is 300 g/mol. The van der Waals surface area contributed by atoms with Gasteiger partial charge >= 0.3 is 0 Å². The Kier molecular flexibility index (Phi) is 4.03. The maximum atomic E-state index is 11.4. The molecule has 0 N–H and O–H groups in total. The number of fused-ring (bicyclic) bond motifs is 1. The number of rotatable bonds is 4. The van der Waals surface area contributed by atoms with Gasteiger partial charge in [-0.2, -0.15) is 0 Å². The van der Waals surface area contributed by atoms with Gasteiger partial charge in [0.25, 0.3) is 0 Å². The number of thiophene rings is 1. The highest BCUT2D eigenvalue weighted by atomic mass is 32.2. The van der Waals surface area contributed by atoms with E-state index in [1.807, 2.05) is 25.1 Å². The van der Waals surface area contributed by atoms with E-state index < -0.39 is 0 Å². The smallest absolute Gasteiger partial charge is 0.142 e. The number of hydrogen-bond acceptors (Lipinski definition) is 5. The van der Waals surface area contributed by atoms with Gasteiger partial charge in [0.2, 0.25) is 0 Å². The van der Waals surface area contributed by atoms with Gasteiger partial charge in [-0.25, -0.2) is 9.97 Å². The van der Waals surface area contributed by atoms with Gasteiger partial charge in [-0.1, -0.05) is 42.1 Å². The minimum atomic E-state index is -0.0943. The van der Waals surface area contributed by atoms with Crippen LogP contribution in [0.4, 0.5) is 0 Å². The lowest BCUT2D eigenvalue weighted by molar-refractivity contribution is -0.116.